The van der Waals surface area contributed by atoms with Crippen LogP contribution in [-0.2, 0) is 19.1 Å². The number of benzene rings is 1. The van der Waals surface area contributed by atoms with E-state index >= 15 is 0 Å². The second-order valence-electron chi connectivity index (χ2n) is 6.84. The van der Waals surface area contributed by atoms with Crippen LogP contribution in [0, 0.1) is 0 Å². The van der Waals surface area contributed by atoms with Crippen molar-refractivity contribution in [1.82, 2.24) is 5.32 Å². The van der Waals surface area contributed by atoms with Crippen LogP contribution in [0.2, 0.25) is 0 Å². The molecule has 150 valence electrons. The highest BCUT2D eigenvalue weighted by Gasteiger charge is 2.40. The largest absolute Gasteiger partial charge is 0.496 e. The number of carbonyl (C=O) groups is 2. The molecule has 1 heterocycles. The number of rotatable bonds is 7. The van der Waals surface area contributed by atoms with Crippen LogP contribution in [0.1, 0.15) is 44.6 Å². The molecule has 0 amide bonds. The lowest BCUT2D eigenvalue weighted by molar-refractivity contribution is -0.140. The maximum absolute atomic E-state index is 13.0. The maximum Gasteiger partial charge on any atom is 0.336 e. The van der Waals surface area contributed by atoms with E-state index in [2.05, 4.69) is 5.32 Å². The molecule has 0 saturated heterocycles. The minimum atomic E-state index is -0.500. The van der Waals surface area contributed by atoms with Crippen molar-refractivity contribution in [3.05, 3.63) is 52.4 Å². The summed E-state index contributed by atoms with van der Waals surface area (Å²) in [4.78, 5) is 25.8. The van der Waals surface area contributed by atoms with Gasteiger partial charge < -0.3 is 19.5 Å². The SMILES string of the molecule is CCOCCOC(=O)C1=C(C)NC2=C(C(=O)CCC2)C1c1ccccc1OC. The summed E-state index contributed by atoms with van der Waals surface area (Å²) >= 11 is 0. The fraction of sp³-hybridized carbons (Fsp3) is 0.455. The van der Waals surface area contributed by atoms with Crippen molar-refractivity contribution in [3.63, 3.8) is 0 Å². The zero-order valence-electron chi connectivity index (χ0n) is 16.7. The average Bonchev–Trinajstić information content (AvgIpc) is 2.70. The highest BCUT2D eigenvalue weighted by Crippen LogP contribution is 2.45. The topological polar surface area (TPSA) is 73.9 Å². The van der Waals surface area contributed by atoms with E-state index < -0.39 is 11.9 Å². The molecule has 0 bridgehead atoms. The van der Waals surface area contributed by atoms with E-state index in [1.807, 2.05) is 38.1 Å². The van der Waals surface area contributed by atoms with E-state index in [1.54, 1.807) is 7.11 Å². The molecule has 1 N–H and O–H groups in total. The van der Waals surface area contributed by atoms with E-state index in [4.69, 9.17) is 14.2 Å². The molecule has 1 aliphatic carbocycles. The lowest BCUT2D eigenvalue weighted by Gasteiger charge is -2.34. The fourth-order valence-corrected chi connectivity index (χ4v) is 3.89. The number of para-hydroxylation sites is 1. The Morgan fingerprint density at radius 1 is 1.21 bits per heavy atom. The molecule has 1 aromatic carbocycles. The number of ether oxygens (including phenoxy) is 3. The Hall–Kier alpha value is -2.60. The van der Waals surface area contributed by atoms with Crippen LogP contribution in [0.15, 0.2) is 46.8 Å². The first kappa shape index (κ1) is 20.1. The number of esters is 1. The Labute approximate surface area is 165 Å². The molecular weight excluding hydrogens is 358 g/mol. The smallest absolute Gasteiger partial charge is 0.336 e. The van der Waals surface area contributed by atoms with Crippen LogP contribution in [0.25, 0.3) is 0 Å². The van der Waals surface area contributed by atoms with Gasteiger partial charge in [-0.05, 0) is 32.8 Å². The van der Waals surface area contributed by atoms with E-state index in [-0.39, 0.29) is 12.4 Å². The molecule has 1 aromatic rings. The third-order valence-electron chi connectivity index (χ3n) is 5.11. The molecule has 0 fully saturated rings. The normalized spacial score (nSPS) is 19.2. The van der Waals surface area contributed by atoms with Gasteiger partial charge in [0, 0.05) is 35.6 Å². The third kappa shape index (κ3) is 3.97. The summed E-state index contributed by atoms with van der Waals surface area (Å²) in [6.07, 6.45) is 2.08. The zero-order valence-corrected chi connectivity index (χ0v) is 16.7. The summed E-state index contributed by atoms with van der Waals surface area (Å²) in [5.74, 6) is -0.228. The number of nitrogens with one attached hydrogen (secondary N) is 1. The Kier molecular flexibility index (Phi) is 6.52. The van der Waals surface area contributed by atoms with Crippen molar-refractivity contribution in [1.29, 1.82) is 0 Å². The summed E-state index contributed by atoms with van der Waals surface area (Å²) in [7, 11) is 1.59. The van der Waals surface area contributed by atoms with E-state index in [0.717, 1.165) is 24.1 Å². The number of dihydropyridines is 1. The molecule has 0 saturated carbocycles. The van der Waals surface area contributed by atoms with Crippen LogP contribution in [-0.4, -0.2) is 38.7 Å². The number of allylic oxidation sites excluding steroid dienone is 3. The van der Waals surface area contributed by atoms with Crippen LogP contribution < -0.4 is 10.1 Å². The molecule has 0 spiro atoms. The van der Waals surface area contributed by atoms with Crippen molar-refractivity contribution in [2.24, 2.45) is 0 Å². The Morgan fingerprint density at radius 3 is 2.75 bits per heavy atom. The van der Waals surface area contributed by atoms with Gasteiger partial charge in [0.15, 0.2) is 5.78 Å². The molecule has 1 unspecified atom stereocenters. The molecule has 1 aliphatic heterocycles. The van der Waals surface area contributed by atoms with Gasteiger partial charge in [-0.15, -0.1) is 0 Å². The van der Waals surface area contributed by atoms with Gasteiger partial charge in [-0.3, -0.25) is 4.79 Å². The van der Waals surface area contributed by atoms with Gasteiger partial charge in [0.25, 0.3) is 0 Å². The summed E-state index contributed by atoms with van der Waals surface area (Å²) in [5.41, 5.74) is 3.51. The maximum atomic E-state index is 13.0. The lowest BCUT2D eigenvalue weighted by Crippen LogP contribution is -2.34. The third-order valence-corrected chi connectivity index (χ3v) is 5.11. The van der Waals surface area contributed by atoms with E-state index in [1.165, 1.54) is 0 Å². The monoisotopic (exact) mass is 385 g/mol. The molecular formula is C22H27NO5. The first-order valence-electron chi connectivity index (χ1n) is 9.70. The summed E-state index contributed by atoms with van der Waals surface area (Å²) < 4.78 is 16.3. The van der Waals surface area contributed by atoms with Crippen molar-refractivity contribution >= 4 is 11.8 Å². The first-order valence-corrected chi connectivity index (χ1v) is 9.70. The van der Waals surface area contributed by atoms with Gasteiger partial charge in [-0.25, -0.2) is 4.79 Å². The fourth-order valence-electron chi connectivity index (χ4n) is 3.89. The number of carbonyl (C=O) groups excluding carboxylic acids is 2. The van der Waals surface area contributed by atoms with Gasteiger partial charge in [-0.1, -0.05) is 18.2 Å². The standard InChI is InChI=1S/C22H27NO5/c1-4-27-12-13-28-22(25)19-14(2)23-16-9-7-10-17(24)21(16)20(19)15-8-5-6-11-18(15)26-3/h5-6,8,11,20,23H,4,7,9-10,12-13H2,1-3H3. The van der Waals surface area contributed by atoms with Crippen molar-refractivity contribution < 1.29 is 23.8 Å². The lowest BCUT2D eigenvalue weighted by atomic mass is 9.75. The van der Waals surface area contributed by atoms with Crippen molar-refractivity contribution in [3.8, 4) is 5.75 Å². The van der Waals surface area contributed by atoms with E-state index in [0.29, 0.717) is 42.2 Å². The number of Topliss-reactive ketones (excluding diaryl/α,β-unsaturated/α-hetero) is 1. The number of methoxy groups -OCH3 is 1. The molecule has 3 rings (SSSR count). The van der Waals surface area contributed by atoms with Crippen molar-refractivity contribution in [2.45, 2.75) is 39.0 Å². The summed E-state index contributed by atoms with van der Waals surface area (Å²) in [6, 6.07) is 7.51. The van der Waals surface area contributed by atoms with Crippen LogP contribution in [0.4, 0.5) is 0 Å². The van der Waals surface area contributed by atoms with Gasteiger partial charge in [-0.2, -0.15) is 0 Å². The molecule has 1 atom stereocenters. The second-order valence-corrected chi connectivity index (χ2v) is 6.84. The molecule has 0 aromatic heterocycles. The Morgan fingerprint density at radius 2 is 2.00 bits per heavy atom. The van der Waals surface area contributed by atoms with Crippen molar-refractivity contribution in [2.75, 3.05) is 26.9 Å². The highest BCUT2D eigenvalue weighted by molar-refractivity contribution is 6.04. The average molecular weight is 385 g/mol. The van der Waals surface area contributed by atoms with Gasteiger partial charge in [0.1, 0.15) is 12.4 Å². The summed E-state index contributed by atoms with van der Waals surface area (Å²) in [5, 5.41) is 3.28. The molecule has 6 nitrogen and oxygen atoms in total. The van der Waals surface area contributed by atoms with Crippen LogP contribution >= 0.6 is 0 Å². The quantitative estimate of drug-likeness (QED) is 0.574. The van der Waals surface area contributed by atoms with Crippen LogP contribution in [0.5, 0.6) is 5.75 Å². The van der Waals surface area contributed by atoms with Crippen LogP contribution in [0.3, 0.4) is 0 Å². The molecule has 2 aliphatic rings. The predicted molar refractivity (Wildman–Crippen MR) is 105 cm³/mol. The highest BCUT2D eigenvalue weighted by atomic mass is 16.6. The summed E-state index contributed by atoms with van der Waals surface area (Å²) in [6.45, 7) is 4.82. The first-order chi connectivity index (χ1) is 13.6. The Bertz CT molecular complexity index is 824. The molecule has 0 radical (unpaired) electrons. The zero-order chi connectivity index (χ0) is 20.1. The van der Waals surface area contributed by atoms with E-state index in [9.17, 15) is 9.59 Å². The number of hydrogen-bond donors (Lipinski definition) is 1. The molecule has 6 heteroatoms. The number of ketones is 1. The van der Waals surface area contributed by atoms with Gasteiger partial charge >= 0.3 is 5.97 Å². The number of hydrogen-bond acceptors (Lipinski definition) is 6. The minimum Gasteiger partial charge on any atom is -0.496 e. The van der Waals surface area contributed by atoms with Gasteiger partial charge in [0.05, 0.1) is 25.2 Å². The Balaban J connectivity index is 2.03. The molecule has 28 heavy (non-hydrogen) atoms. The minimum absolute atomic E-state index is 0.0665. The second kappa shape index (κ2) is 9.06. The van der Waals surface area contributed by atoms with Gasteiger partial charge in [0.2, 0.25) is 0 Å². The predicted octanol–water partition coefficient (Wildman–Crippen LogP) is 3.24.